The van der Waals surface area contributed by atoms with Gasteiger partial charge in [-0.05, 0) is 72.7 Å². The molecule has 2 amide bonds. The van der Waals surface area contributed by atoms with E-state index in [0.717, 1.165) is 5.56 Å². The van der Waals surface area contributed by atoms with Crippen LogP contribution in [0.4, 0.5) is 5.69 Å². The zero-order valence-electron chi connectivity index (χ0n) is 19.3. The normalized spacial score (nSPS) is 14.5. The van der Waals surface area contributed by atoms with Gasteiger partial charge in [-0.2, -0.15) is 0 Å². The van der Waals surface area contributed by atoms with Crippen molar-refractivity contribution in [1.29, 1.82) is 0 Å². The van der Waals surface area contributed by atoms with Gasteiger partial charge in [0.2, 0.25) is 0 Å². The van der Waals surface area contributed by atoms with Crippen LogP contribution in [-0.4, -0.2) is 34.6 Å². The molecule has 1 saturated heterocycles. The van der Waals surface area contributed by atoms with E-state index >= 15 is 0 Å². The van der Waals surface area contributed by atoms with Crippen LogP contribution in [0.1, 0.15) is 28.4 Å². The number of carboxylic acids is 1. The number of carboxylic acid groups (broad SMARTS) is 1. The number of nitrogens with one attached hydrogen (secondary N) is 1. The summed E-state index contributed by atoms with van der Waals surface area (Å²) >= 11 is 5.25. The first-order valence-electron chi connectivity index (χ1n) is 11.0. The molecule has 0 spiro atoms. The number of aromatic carboxylic acids is 1. The van der Waals surface area contributed by atoms with Crippen molar-refractivity contribution < 1.29 is 29.0 Å². The molecule has 2 N–H and O–H groups in total. The Hall–Kier alpha value is -4.50. The molecule has 1 aliphatic heterocycles. The lowest BCUT2D eigenvalue weighted by atomic mass is 10.1. The van der Waals surface area contributed by atoms with Gasteiger partial charge in [0.15, 0.2) is 5.11 Å². The highest BCUT2D eigenvalue weighted by Crippen LogP contribution is 2.26. The average Bonchev–Trinajstić information content (AvgIpc) is 2.86. The Morgan fingerprint density at radius 1 is 1.00 bits per heavy atom. The van der Waals surface area contributed by atoms with Crippen LogP contribution < -0.4 is 19.7 Å². The fraction of sp³-hybridized carbons (Fsp3) is 0.111. The zero-order chi connectivity index (χ0) is 25.7. The number of carbonyl (C=O) groups excluding carboxylic acids is 2. The van der Waals surface area contributed by atoms with Gasteiger partial charge in [-0.15, -0.1) is 0 Å². The molecule has 3 aromatic carbocycles. The Balaban J connectivity index is 1.50. The number of hydrogen-bond donors (Lipinski definition) is 2. The van der Waals surface area contributed by atoms with Gasteiger partial charge in [-0.3, -0.25) is 19.8 Å². The number of rotatable bonds is 8. The minimum atomic E-state index is -1.00. The van der Waals surface area contributed by atoms with Crippen molar-refractivity contribution in [2.75, 3.05) is 11.5 Å². The molecule has 9 heteroatoms. The summed E-state index contributed by atoms with van der Waals surface area (Å²) in [7, 11) is 0. The summed E-state index contributed by atoms with van der Waals surface area (Å²) in [5, 5.41) is 11.7. The molecule has 0 atom stereocenters. The maximum Gasteiger partial charge on any atom is 0.335 e. The highest BCUT2D eigenvalue weighted by molar-refractivity contribution is 7.80. The van der Waals surface area contributed by atoms with E-state index in [1.165, 1.54) is 17.0 Å². The minimum Gasteiger partial charge on any atom is -0.494 e. The van der Waals surface area contributed by atoms with Gasteiger partial charge in [0.25, 0.3) is 11.8 Å². The molecule has 182 valence electrons. The van der Waals surface area contributed by atoms with Gasteiger partial charge in [0.1, 0.15) is 23.7 Å². The van der Waals surface area contributed by atoms with Crippen molar-refractivity contribution >= 4 is 46.9 Å². The molecule has 0 unspecified atom stereocenters. The van der Waals surface area contributed by atoms with Crippen molar-refractivity contribution in [3.8, 4) is 11.5 Å². The van der Waals surface area contributed by atoms with Crippen molar-refractivity contribution in [2.45, 2.75) is 13.5 Å². The van der Waals surface area contributed by atoms with Crippen LogP contribution in [0.2, 0.25) is 0 Å². The molecule has 1 heterocycles. The number of amides is 2. The number of hydrogen-bond acceptors (Lipinski definition) is 6. The first-order valence-corrected chi connectivity index (χ1v) is 11.5. The summed E-state index contributed by atoms with van der Waals surface area (Å²) in [4.78, 5) is 38.2. The van der Waals surface area contributed by atoms with E-state index in [2.05, 4.69) is 5.32 Å². The van der Waals surface area contributed by atoms with E-state index in [9.17, 15) is 14.4 Å². The molecule has 1 aliphatic rings. The largest absolute Gasteiger partial charge is 0.494 e. The van der Waals surface area contributed by atoms with E-state index in [-0.39, 0.29) is 22.9 Å². The third-order valence-electron chi connectivity index (χ3n) is 5.26. The number of ether oxygens (including phenoxy) is 2. The molecule has 0 saturated carbocycles. The number of nitrogens with zero attached hydrogens (tertiary/aromatic N) is 1. The quantitative estimate of drug-likeness (QED) is 0.270. The Morgan fingerprint density at radius 3 is 2.47 bits per heavy atom. The van der Waals surface area contributed by atoms with Gasteiger partial charge in [-0.25, -0.2) is 4.79 Å². The van der Waals surface area contributed by atoms with Gasteiger partial charge in [0.05, 0.1) is 17.9 Å². The summed E-state index contributed by atoms with van der Waals surface area (Å²) in [5.41, 5.74) is 1.94. The standard InChI is InChI=1S/C27H22N2O6S/c1-2-34-22-8-4-7-20(15-22)29-25(31)23(24(30)28-27(29)36)14-17-9-11-21(12-10-17)35-16-18-5-3-6-19(13-18)26(32)33/h3-15H,2,16H2,1H3,(H,32,33)(H,28,30,36). The Bertz CT molecular complexity index is 1370. The highest BCUT2D eigenvalue weighted by Gasteiger charge is 2.34. The molecule has 0 radical (unpaired) electrons. The molecule has 0 aliphatic carbocycles. The number of benzene rings is 3. The summed E-state index contributed by atoms with van der Waals surface area (Å²) in [5.74, 6) is -1.00. The van der Waals surface area contributed by atoms with Gasteiger partial charge in [-0.1, -0.05) is 30.3 Å². The molecular formula is C27H22N2O6S. The van der Waals surface area contributed by atoms with Crippen LogP contribution >= 0.6 is 12.2 Å². The predicted molar refractivity (Wildman–Crippen MR) is 138 cm³/mol. The second-order valence-corrected chi connectivity index (χ2v) is 8.14. The van der Waals surface area contributed by atoms with E-state index in [1.54, 1.807) is 66.7 Å². The topological polar surface area (TPSA) is 105 Å². The summed E-state index contributed by atoms with van der Waals surface area (Å²) < 4.78 is 11.2. The zero-order valence-corrected chi connectivity index (χ0v) is 20.1. The molecule has 3 aromatic rings. The lowest BCUT2D eigenvalue weighted by Gasteiger charge is -2.29. The first-order chi connectivity index (χ1) is 17.4. The Labute approximate surface area is 212 Å². The lowest BCUT2D eigenvalue weighted by Crippen LogP contribution is -2.54. The van der Waals surface area contributed by atoms with Crippen molar-refractivity contribution in [2.24, 2.45) is 0 Å². The molecule has 8 nitrogen and oxygen atoms in total. The predicted octanol–water partition coefficient (Wildman–Crippen LogP) is 4.19. The van der Waals surface area contributed by atoms with Crippen LogP contribution in [0, 0.1) is 0 Å². The van der Waals surface area contributed by atoms with Crippen LogP contribution in [0.15, 0.2) is 78.4 Å². The third-order valence-corrected chi connectivity index (χ3v) is 5.54. The molecule has 0 bridgehead atoms. The number of carbonyl (C=O) groups is 3. The van der Waals surface area contributed by atoms with E-state index < -0.39 is 17.8 Å². The summed E-state index contributed by atoms with van der Waals surface area (Å²) in [6.07, 6.45) is 1.49. The SMILES string of the molecule is CCOc1cccc(N2C(=O)C(=Cc3ccc(OCc4cccc(C(=O)O)c4)cc3)C(=O)NC2=S)c1. The summed E-state index contributed by atoms with van der Waals surface area (Å²) in [6.45, 7) is 2.52. The van der Waals surface area contributed by atoms with Crippen molar-refractivity contribution in [1.82, 2.24) is 5.32 Å². The Kier molecular flexibility index (Phi) is 7.41. The van der Waals surface area contributed by atoms with Crippen molar-refractivity contribution in [3.05, 3.63) is 95.1 Å². The lowest BCUT2D eigenvalue weighted by molar-refractivity contribution is -0.122. The van der Waals surface area contributed by atoms with Gasteiger partial charge < -0.3 is 14.6 Å². The monoisotopic (exact) mass is 502 g/mol. The van der Waals surface area contributed by atoms with E-state index in [0.29, 0.717) is 29.4 Å². The average molecular weight is 503 g/mol. The van der Waals surface area contributed by atoms with Crippen LogP contribution in [0.25, 0.3) is 6.08 Å². The minimum absolute atomic E-state index is 0.00786. The second kappa shape index (κ2) is 10.8. The van der Waals surface area contributed by atoms with Crippen LogP contribution in [0.5, 0.6) is 11.5 Å². The number of anilines is 1. The highest BCUT2D eigenvalue weighted by atomic mass is 32.1. The fourth-order valence-electron chi connectivity index (χ4n) is 3.56. The molecule has 0 aromatic heterocycles. The van der Waals surface area contributed by atoms with E-state index in [1.807, 2.05) is 6.92 Å². The maximum absolute atomic E-state index is 13.2. The van der Waals surface area contributed by atoms with Gasteiger partial charge >= 0.3 is 5.97 Å². The number of thiocarbonyl (C=S) groups is 1. The Morgan fingerprint density at radius 2 is 1.75 bits per heavy atom. The molecule has 4 rings (SSSR count). The fourth-order valence-corrected chi connectivity index (χ4v) is 3.84. The molecule has 1 fully saturated rings. The van der Waals surface area contributed by atoms with Crippen molar-refractivity contribution in [3.63, 3.8) is 0 Å². The molecule has 36 heavy (non-hydrogen) atoms. The van der Waals surface area contributed by atoms with Crippen LogP contribution in [-0.2, 0) is 16.2 Å². The summed E-state index contributed by atoms with van der Waals surface area (Å²) in [6, 6.07) is 20.2. The van der Waals surface area contributed by atoms with E-state index in [4.69, 9.17) is 26.8 Å². The van der Waals surface area contributed by atoms with Gasteiger partial charge in [0, 0.05) is 6.07 Å². The maximum atomic E-state index is 13.2. The third kappa shape index (κ3) is 5.59. The smallest absolute Gasteiger partial charge is 0.335 e. The first kappa shape index (κ1) is 24.6. The molecular weight excluding hydrogens is 480 g/mol. The second-order valence-electron chi connectivity index (χ2n) is 7.75. The van der Waals surface area contributed by atoms with Crippen LogP contribution in [0.3, 0.4) is 0 Å².